The minimum atomic E-state index is -0.161. The molecule has 2 aromatic heterocycles. The number of carbonyl (C=O) groups excluding carboxylic acids is 1. The first-order valence-corrected chi connectivity index (χ1v) is 10.0. The van der Waals surface area contributed by atoms with Crippen LogP contribution in [0.2, 0.25) is 10.0 Å². The molecule has 0 atom stereocenters. The number of hydrogen-bond acceptors (Lipinski definition) is 5. The van der Waals surface area contributed by atoms with Gasteiger partial charge in [-0.2, -0.15) is 5.10 Å². The molecule has 0 fully saturated rings. The number of anilines is 1. The Morgan fingerprint density at radius 3 is 2.60 bits per heavy atom. The van der Waals surface area contributed by atoms with E-state index in [9.17, 15) is 4.79 Å². The zero-order chi connectivity index (χ0) is 21.1. The van der Waals surface area contributed by atoms with Crippen molar-refractivity contribution in [2.45, 2.75) is 6.92 Å². The number of amides is 1. The molecule has 152 valence electrons. The van der Waals surface area contributed by atoms with Crippen molar-refractivity contribution >= 4 is 46.0 Å². The summed E-state index contributed by atoms with van der Waals surface area (Å²) in [6.07, 6.45) is 1.71. The molecule has 2 heterocycles. The van der Waals surface area contributed by atoms with Gasteiger partial charge in [0.15, 0.2) is 5.65 Å². The number of halogens is 2. The van der Waals surface area contributed by atoms with E-state index in [0.717, 1.165) is 11.1 Å². The van der Waals surface area contributed by atoms with Crippen molar-refractivity contribution in [2.24, 2.45) is 0 Å². The lowest BCUT2D eigenvalue weighted by Crippen LogP contribution is -2.28. The van der Waals surface area contributed by atoms with E-state index in [4.69, 9.17) is 23.2 Å². The van der Waals surface area contributed by atoms with Crippen molar-refractivity contribution in [1.82, 2.24) is 25.1 Å². The molecule has 0 bridgehead atoms. The zero-order valence-corrected chi connectivity index (χ0v) is 17.6. The number of nitrogens with zero attached hydrogens (tertiary/aromatic N) is 4. The van der Waals surface area contributed by atoms with Gasteiger partial charge in [-0.15, -0.1) is 0 Å². The predicted octanol–water partition coefficient (Wildman–Crippen LogP) is 4.27. The van der Waals surface area contributed by atoms with Crippen LogP contribution in [0.15, 0.2) is 54.7 Å². The van der Waals surface area contributed by atoms with Crippen molar-refractivity contribution in [2.75, 3.05) is 18.4 Å². The van der Waals surface area contributed by atoms with Crippen LogP contribution in [0.1, 0.15) is 16.2 Å². The molecule has 0 saturated heterocycles. The van der Waals surface area contributed by atoms with Crippen LogP contribution in [-0.4, -0.2) is 38.7 Å². The fraction of sp³-hybridized carbons (Fsp3) is 0.143. The van der Waals surface area contributed by atoms with Gasteiger partial charge in [0.05, 0.1) is 17.3 Å². The Bertz CT molecular complexity index is 1210. The van der Waals surface area contributed by atoms with Gasteiger partial charge in [-0.05, 0) is 49.4 Å². The minimum absolute atomic E-state index is 0.161. The third-order valence-corrected chi connectivity index (χ3v) is 4.89. The molecule has 0 saturated carbocycles. The van der Waals surface area contributed by atoms with E-state index < -0.39 is 0 Å². The topological polar surface area (TPSA) is 84.7 Å². The van der Waals surface area contributed by atoms with E-state index in [0.29, 0.717) is 46.0 Å². The Labute approximate surface area is 183 Å². The van der Waals surface area contributed by atoms with Crippen LogP contribution in [0.4, 0.5) is 5.82 Å². The normalized spacial score (nSPS) is 10.9. The molecular weight excluding hydrogens is 423 g/mol. The molecule has 1 amide bonds. The summed E-state index contributed by atoms with van der Waals surface area (Å²) in [5.41, 5.74) is 2.05. The average molecular weight is 441 g/mol. The van der Waals surface area contributed by atoms with Crippen molar-refractivity contribution in [1.29, 1.82) is 0 Å². The molecule has 4 rings (SSSR count). The number of aryl methyl sites for hydroxylation is 1. The van der Waals surface area contributed by atoms with E-state index in [1.165, 1.54) is 0 Å². The fourth-order valence-corrected chi connectivity index (χ4v) is 3.32. The molecule has 9 heteroatoms. The quantitative estimate of drug-likeness (QED) is 0.437. The maximum atomic E-state index is 12.2. The van der Waals surface area contributed by atoms with Crippen LogP contribution in [0, 0.1) is 6.92 Å². The highest BCUT2D eigenvalue weighted by atomic mass is 35.5. The number of aromatic nitrogens is 4. The summed E-state index contributed by atoms with van der Waals surface area (Å²) in [5, 5.41) is 12.6. The summed E-state index contributed by atoms with van der Waals surface area (Å²) in [6, 6.07) is 14.2. The third kappa shape index (κ3) is 4.37. The first-order valence-electron chi connectivity index (χ1n) is 9.27. The third-order valence-electron chi connectivity index (χ3n) is 4.40. The van der Waals surface area contributed by atoms with Gasteiger partial charge in [-0.3, -0.25) is 4.79 Å². The Balaban J connectivity index is 1.47. The Morgan fingerprint density at radius 2 is 1.83 bits per heavy atom. The number of carbonyl (C=O) groups is 1. The number of benzene rings is 2. The second-order valence-electron chi connectivity index (χ2n) is 6.58. The van der Waals surface area contributed by atoms with Crippen LogP contribution in [-0.2, 0) is 0 Å². The number of rotatable bonds is 6. The van der Waals surface area contributed by atoms with Gasteiger partial charge in [0.2, 0.25) is 0 Å². The Morgan fingerprint density at radius 1 is 1.03 bits per heavy atom. The first-order chi connectivity index (χ1) is 14.5. The predicted molar refractivity (Wildman–Crippen MR) is 119 cm³/mol. The van der Waals surface area contributed by atoms with Gasteiger partial charge < -0.3 is 10.6 Å². The van der Waals surface area contributed by atoms with Crippen molar-refractivity contribution < 1.29 is 4.79 Å². The van der Waals surface area contributed by atoms with E-state index >= 15 is 0 Å². The second-order valence-corrected chi connectivity index (χ2v) is 7.46. The molecule has 2 N–H and O–H groups in total. The lowest BCUT2D eigenvalue weighted by atomic mass is 10.2. The van der Waals surface area contributed by atoms with Gasteiger partial charge in [0.1, 0.15) is 11.6 Å². The Hall–Kier alpha value is -3.16. The molecule has 0 aliphatic carbocycles. The molecule has 7 nitrogen and oxygen atoms in total. The van der Waals surface area contributed by atoms with Crippen LogP contribution < -0.4 is 10.6 Å². The van der Waals surface area contributed by atoms with Gasteiger partial charge in [0.25, 0.3) is 5.91 Å². The second kappa shape index (κ2) is 8.69. The molecule has 0 aliphatic heterocycles. The smallest absolute Gasteiger partial charge is 0.251 e. The molecule has 0 aliphatic rings. The molecule has 2 aromatic carbocycles. The molecule has 0 radical (unpaired) electrons. The maximum Gasteiger partial charge on any atom is 0.251 e. The zero-order valence-electron chi connectivity index (χ0n) is 16.1. The largest absolute Gasteiger partial charge is 0.368 e. The van der Waals surface area contributed by atoms with Gasteiger partial charge in [-0.1, -0.05) is 29.3 Å². The summed E-state index contributed by atoms with van der Waals surface area (Å²) >= 11 is 12.0. The first kappa shape index (κ1) is 20.1. The summed E-state index contributed by atoms with van der Waals surface area (Å²) in [7, 11) is 0. The van der Waals surface area contributed by atoms with Crippen molar-refractivity contribution in [3.8, 4) is 5.69 Å². The van der Waals surface area contributed by atoms with Crippen molar-refractivity contribution in [3.05, 3.63) is 76.2 Å². The SMILES string of the molecule is Cc1nc(NCCNC(=O)c2ccc(Cl)cc2)c2cnn(-c3cccc(Cl)c3)c2n1. The lowest BCUT2D eigenvalue weighted by Gasteiger charge is -2.10. The lowest BCUT2D eigenvalue weighted by molar-refractivity contribution is 0.0955. The van der Waals surface area contributed by atoms with Gasteiger partial charge in [-0.25, -0.2) is 14.6 Å². The minimum Gasteiger partial charge on any atom is -0.368 e. The summed E-state index contributed by atoms with van der Waals surface area (Å²) in [4.78, 5) is 21.2. The highest BCUT2D eigenvalue weighted by Gasteiger charge is 2.13. The fourth-order valence-electron chi connectivity index (χ4n) is 3.01. The monoisotopic (exact) mass is 440 g/mol. The van der Waals surface area contributed by atoms with Crippen LogP contribution >= 0.6 is 23.2 Å². The van der Waals surface area contributed by atoms with E-state index in [1.807, 2.05) is 31.2 Å². The van der Waals surface area contributed by atoms with Gasteiger partial charge in [0, 0.05) is 28.7 Å². The van der Waals surface area contributed by atoms with E-state index in [1.54, 1.807) is 35.1 Å². The highest BCUT2D eigenvalue weighted by Crippen LogP contribution is 2.23. The number of fused-ring (bicyclic) bond motifs is 1. The summed E-state index contributed by atoms with van der Waals surface area (Å²) < 4.78 is 1.73. The van der Waals surface area contributed by atoms with E-state index in [2.05, 4.69) is 25.7 Å². The van der Waals surface area contributed by atoms with Crippen molar-refractivity contribution in [3.63, 3.8) is 0 Å². The molecule has 0 unspecified atom stereocenters. The summed E-state index contributed by atoms with van der Waals surface area (Å²) in [6.45, 7) is 2.74. The number of hydrogen-bond donors (Lipinski definition) is 2. The average Bonchev–Trinajstić information content (AvgIpc) is 3.15. The van der Waals surface area contributed by atoms with Gasteiger partial charge >= 0.3 is 0 Å². The highest BCUT2D eigenvalue weighted by molar-refractivity contribution is 6.31. The molecule has 30 heavy (non-hydrogen) atoms. The standard InChI is InChI=1S/C21H18Cl2N6O/c1-13-27-19(24-9-10-25-21(30)14-5-7-15(22)8-6-14)18-12-26-29(20(18)28-13)17-4-2-3-16(23)11-17/h2-8,11-12H,9-10H2,1H3,(H,25,30)(H,24,27,28). The summed E-state index contributed by atoms with van der Waals surface area (Å²) in [5.74, 6) is 1.11. The Kier molecular flexibility index (Phi) is 5.83. The van der Waals surface area contributed by atoms with Crippen LogP contribution in [0.5, 0.6) is 0 Å². The molecule has 4 aromatic rings. The van der Waals surface area contributed by atoms with E-state index in [-0.39, 0.29) is 5.91 Å². The molecular formula is C21H18Cl2N6O. The van der Waals surface area contributed by atoms with Crippen LogP contribution in [0.3, 0.4) is 0 Å². The molecule has 0 spiro atoms. The van der Waals surface area contributed by atoms with Crippen LogP contribution in [0.25, 0.3) is 16.7 Å². The maximum absolute atomic E-state index is 12.2. The number of nitrogens with one attached hydrogen (secondary N) is 2.